The number of carbonyl (C=O) groups excluding carboxylic acids is 1. The Bertz CT molecular complexity index is 567. The number of carbonyl (C=O) groups is 1. The normalized spacial score (nSPS) is 10.2. The highest BCUT2D eigenvalue weighted by Crippen LogP contribution is 2.23. The molecule has 1 aromatic heterocycles. The molecule has 0 atom stereocenters. The summed E-state index contributed by atoms with van der Waals surface area (Å²) in [5, 5.41) is 0.751. The topological polar surface area (TPSA) is 56.0 Å². The number of rotatable bonds is 2. The zero-order valence-corrected chi connectivity index (χ0v) is 10.2. The van der Waals surface area contributed by atoms with Gasteiger partial charge in [-0.1, -0.05) is 23.2 Å². The molecule has 0 amide bonds. The third-order valence-corrected chi connectivity index (χ3v) is 2.94. The van der Waals surface area contributed by atoms with Crippen LogP contribution in [-0.2, 0) is 0 Å². The van der Waals surface area contributed by atoms with E-state index in [-0.39, 0.29) is 5.78 Å². The van der Waals surface area contributed by atoms with Crippen LogP contribution in [0.5, 0.6) is 0 Å². The molecule has 0 fully saturated rings. The lowest BCUT2D eigenvalue weighted by atomic mass is 10.1. The Morgan fingerprint density at radius 2 is 1.88 bits per heavy atom. The van der Waals surface area contributed by atoms with E-state index in [4.69, 9.17) is 28.9 Å². The Labute approximate surface area is 108 Å². The van der Waals surface area contributed by atoms with Gasteiger partial charge in [0.15, 0.2) is 0 Å². The van der Waals surface area contributed by atoms with Crippen LogP contribution in [0.3, 0.4) is 0 Å². The van der Waals surface area contributed by atoms with Gasteiger partial charge < -0.3 is 5.73 Å². The van der Waals surface area contributed by atoms with Crippen molar-refractivity contribution in [3.05, 3.63) is 57.8 Å². The Kier molecular flexibility index (Phi) is 3.31. The van der Waals surface area contributed by atoms with Crippen molar-refractivity contribution in [2.45, 2.75) is 0 Å². The van der Waals surface area contributed by atoms with Crippen molar-refractivity contribution in [1.82, 2.24) is 4.98 Å². The molecule has 0 saturated carbocycles. The van der Waals surface area contributed by atoms with Gasteiger partial charge in [0.2, 0.25) is 5.78 Å². The zero-order chi connectivity index (χ0) is 12.4. The quantitative estimate of drug-likeness (QED) is 0.850. The lowest BCUT2D eigenvalue weighted by molar-refractivity contribution is 0.103. The highest BCUT2D eigenvalue weighted by atomic mass is 35.5. The molecule has 1 aromatic carbocycles. The molecular formula is C12H8Cl2N2O. The highest BCUT2D eigenvalue weighted by molar-refractivity contribution is 6.42. The first kappa shape index (κ1) is 11.9. The predicted octanol–water partition coefficient (Wildman–Crippen LogP) is 3.20. The zero-order valence-electron chi connectivity index (χ0n) is 8.65. The fourth-order valence-electron chi connectivity index (χ4n) is 1.32. The monoisotopic (exact) mass is 266 g/mol. The second kappa shape index (κ2) is 4.73. The van der Waals surface area contributed by atoms with Crippen molar-refractivity contribution in [3.8, 4) is 0 Å². The van der Waals surface area contributed by atoms with Crippen LogP contribution in [-0.4, -0.2) is 10.8 Å². The van der Waals surface area contributed by atoms with Crippen LogP contribution < -0.4 is 5.73 Å². The van der Waals surface area contributed by atoms with Gasteiger partial charge in [0.25, 0.3) is 0 Å². The van der Waals surface area contributed by atoms with Crippen LogP contribution in [0.2, 0.25) is 10.0 Å². The van der Waals surface area contributed by atoms with Crippen molar-refractivity contribution in [3.63, 3.8) is 0 Å². The van der Waals surface area contributed by atoms with Gasteiger partial charge in [-0.3, -0.25) is 9.78 Å². The molecule has 1 heterocycles. The fourth-order valence-corrected chi connectivity index (χ4v) is 1.62. The number of nitrogens with zero attached hydrogens (tertiary/aromatic N) is 1. The Hall–Kier alpha value is -1.58. The van der Waals surface area contributed by atoms with Crippen molar-refractivity contribution in [2.24, 2.45) is 0 Å². The third kappa shape index (κ3) is 2.57. The predicted molar refractivity (Wildman–Crippen MR) is 68.5 cm³/mol. The van der Waals surface area contributed by atoms with Crippen molar-refractivity contribution in [2.75, 3.05) is 5.73 Å². The molecule has 0 aliphatic heterocycles. The number of pyridine rings is 1. The summed E-state index contributed by atoms with van der Waals surface area (Å²) in [5.41, 5.74) is 6.77. The van der Waals surface area contributed by atoms with E-state index in [9.17, 15) is 4.79 Å². The number of ketones is 1. The third-order valence-electron chi connectivity index (χ3n) is 2.20. The van der Waals surface area contributed by atoms with E-state index in [2.05, 4.69) is 4.98 Å². The number of benzene rings is 1. The molecule has 0 aliphatic carbocycles. The van der Waals surface area contributed by atoms with Crippen LogP contribution >= 0.6 is 23.2 Å². The van der Waals surface area contributed by atoms with Gasteiger partial charge in [-0.2, -0.15) is 0 Å². The second-order valence-corrected chi connectivity index (χ2v) is 4.25. The first-order valence-electron chi connectivity index (χ1n) is 4.79. The van der Waals surface area contributed by atoms with Gasteiger partial charge in [0.1, 0.15) is 5.69 Å². The number of aromatic nitrogens is 1. The largest absolute Gasteiger partial charge is 0.397 e. The molecule has 0 radical (unpaired) electrons. The molecule has 0 spiro atoms. The van der Waals surface area contributed by atoms with Crippen LogP contribution in [0.4, 0.5) is 5.69 Å². The van der Waals surface area contributed by atoms with Gasteiger partial charge in [0.05, 0.1) is 21.9 Å². The lowest BCUT2D eigenvalue weighted by Gasteiger charge is -2.02. The first-order valence-corrected chi connectivity index (χ1v) is 5.55. The maximum Gasteiger partial charge on any atom is 0.211 e. The number of halogens is 2. The first-order chi connectivity index (χ1) is 8.08. The standard InChI is InChI=1S/C12H8Cl2N2O/c13-9-3-1-7(5-10(9)14)12(17)11-4-2-8(15)6-16-11/h1-6H,15H2. The van der Waals surface area contributed by atoms with E-state index in [1.54, 1.807) is 24.3 Å². The van der Waals surface area contributed by atoms with Crippen molar-refractivity contribution in [1.29, 1.82) is 0 Å². The Morgan fingerprint density at radius 3 is 2.47 bits per heavy atom. The van der Waals surface area contributed by atoms with Crippen LogP contribution in [0.25, 0.3) is 0 Å². The smallest absolute Gasteiger partial charge is 0.211 e. The summed E-state index contributed by atoms with van der Waals surface area (Å²) >= 11 is 11.6. The number of anilines is 1. The van der Waals surface area contributed by atoms with Crippen LogP contribution in [0, 0.1) is 0 Å². The minimum absolute atomic E-state index is 0.219. The minimum Gasteiger partial charge on any atom is -0.397 e. The molecule has 0 aliphatic rings. The van der Waals surface area contributed by atoms with E-state index in [0.29, 0.717) is 27.0 Å². The number of hydrogen-bond donors (Lipinski definition) is 1. The Balaban J connectivity index is 2.37. The van der Waals surface area contributed by atoms with Crippen LogP contribution in [0.1, 0.15) is 16.1 Å². The molecule has 3 nitrogen and oxygen atoms in total. The summed E-state index contributed by atoms with van der Waals surface area (Å²) in [7, 11) is 0. The van der Waals surface area contributed by atoms with Gasteiger partial charge in [-0.05, 0) is 30.3 Å². The summed E-state index contributed by atoms with van der Waals surface area (Å²) in [6.07, 6.45) is 1.44. The highest BCUT2D eigenvalue weighted by Gasteiger charge is 2.11. The summed E-state index contributed by atoms with van der Waals surface area (Å²) in [6.45, 7) is 0. The average molecular weight is 267 g/mol. The molecule has 0 unspecified atom stereocenters. The van der Waals surface area contributed by atoms with E-state index >= 15 is 0 Å². The van der Waals surface area contributed by atoms with Gasteiger partial charge in [-0.25, -0.2) is 0 Å². The fraction of sp³-hybridized carbons (Fsp3) is 0. The maximum absolute atomic E-state index is 12.0. The molecular weight excluding hydrogens is 259 g/mol. The Morgan fingerprint density at radius 1 is 1.12 bits per heavy atom. The van der Waals surface area contributed by atoms with Gasteiger partial charge >= 0.3 is 0 Å². The average Bonchev–Trinajstić information content (AvgIpc) is 2.33. The number of nitrogens with two attached hydrogens (primary N) is 1. The van der Waals surface area contributed by atoms with E-state index in [1.807, 2.05) is 0 Å². The summed E-state index contributed by atoms with van der Waals surface area (Å²) in [4.78, 5) is 16.0. The maximum atomic E-state index is 12.0. The summed E-state index contributed by atoms with van der Waals surface area (Å²) in [6, 6.07) is 7.89. The molecule has 86 valence electrons. The summed E-state index contributed by atoms with van der Waals surface area (Å²) in [5.74, 6) is -0.219. The van der Waals surface area contributed by atoms with E-state index in [0.717, 1.165) is 0 Å². The molecule has 0 saturated heterocycles. The van der Waals surface area contributed by atoms with Crippen LogP contribution in [0.15, 0.2) is 36.5 Å². The summed E-state index contributed by atoms with van der Waals surface area (Å²) < 4.78 is 0. The van der Waals surface area contributed by atoms with E-state index < -0.39 is 0 Å². The van der Waals surface area contributed by atoms with Gasteiger partial charge in [0, 0.05) is 5.56 Å². The molecule has 2 aromatic rings. The number of nitrogen functional groups attached to an aromatic ring is 1. The molecule has 2 N–H and O–H groups in total. The molecule has 0 bridgehead atoms. The minimum atomic E-state index is -0.219. The van der Waals surface area contributed by atoms with Crippen molar-refractivity contribution >= 4 is 34.7 Å². The molecule has 5 heteroatoms. The lowest BCUT2D eigenvalue weighted by Crippen LogP contribution is -2.04. The SMILES string of the molecule is Nc1ccc(C(=O)c2ccc(Cl)c(Cl)c2)nc1. The van der Waals surface area contributed by atoms with E-state index in [1.165, 1.54) is 12.3 Å². The van der Waals surface area contributed by atoms with Gasteiger partial charge in [-0.15, -0.1) is 0 Å². The second-order valence-electron chi connectivity index (χ2n) is 3.43. The molecule has 2 rings (SSSR count). The molecule has 17 heavy (non-hydrogen) atoms. The number of hydrogen-bond acceptors (Lipinski definition) is 3. The van der Waals surface area contributed by atoms with Crippen molar-refractivity contribution < 1.29 is 4.79 Å².